The van der Waals surface area contributed by atoms with E-state index in [1.807, 2.05) is 24.3 Å². The van der Waals surface area contributed by atoms with E-state index in [0.717, 1.165) is 10.2 Å². The largest absolute Gasteiger partial charge is 0.325 e. The van der Waals surface area contributed by atoms with E-state index in [0.29, 0.717) is 35.7 Å². The van der Waals surface area contributed by atoms with Gasteiger partial charge in [-0.05, 0) is 43.7 Å². The van der Waals surface area contributed by atoms with E-state index >= 15 is 0 Å². The molecule has 2 amide bonds. The van der Waals surface area contributed by atoms with E-state index in [2.05, 4.69) is 31.2 Å². The van der Waals surface area contributed by atoms with Crippen LogP contribution in [0.25, 0.3) is 11.4 Å². The van der Waals surface area contributed by atoms with Gasteiger partial charge in [0.15, 0.2) is 0 Å². The highest BCUT2D eigenvalue weighted by Crippen LogP contribution is 2.28. The van der Waals surface area contributed by atoms with Crippen molar-refractivity contribution in [3.05, 3.63) is 75.1 Å². The van der Waals surface area contributed by atoms with Crippen LogP contribution in [0.5, 0.6) is 0 Å². The quantitative estimate of drug-likeness (QED) is 0.575. The molecule has 1 aromatic heterocycles. The molecule has 1 saturated heterocycles. The summed E-state index contributed by atoms with van der Waals surface area (Å²) in [6.45, 7) is 2.23. The lowest BCUT2D eigenvalue weighted by Crippen LogP contribution is -2.33. The fourth-order valence-electron chi connectivity index (χ4n) is 3.51. The summed E-state index contributed by atoms with van der Waals surface area (Å²) < 4.78 is 0.875. The molecule has 8 heteroatoms. The van der Waals surface area contributed by atoms with Crippen LogP contribution in [0.4, 0.5) is 11.4 Å². The van der Waals surface area contributed by atoms with Crippen LogP contribution in [0.3, 0.4) is 0 Å². The lowest BCUT2D eigenvalue weighted by atomic mass is 10.1. The van der Waals surface area contributed by atoms with Crippen LogP contribution < -0.4 is 15.8 Å². The molecule has 0 spiro atoms. The van der Waals surface area contributed by atoms with Crippen molar-refractivity contribution in [1.82, 2.24) is 9.97 Å². The van der Waals surface area contributed by atoms with Gasteiger partial charge in [-0.2, -0.15) is 0 Å². The van der Waals surface area contributed by atoms with Gasteiger partial charge in [0.1, 0.15) is 11.7 Å². The number of nitrogens with zero attached hydrogens (tertiary/aromatic N) is 2. The second-order valence-corrected chi connectivity index (χ2v) is 8.03. The Kier molecular flexibility index (Phi) is 5.50. The lowest BCUT2D eigenvalue weighted by Gasteiger charge is -2.17. The molecule has 30 heavy (non-hydrogen) atoms. The molecule has 7 nitrogen and oxygen atoms in total. The van der Waals surface area contributed by atoms with Gasteiger partial charge in [-0.25, -0.2) is 4.98 Å². The molecule has 1 aliphatic rings. The third-order valence-corrected chi connectivity index (χ3v) is 5.41. The van der Waals surface area contributed by atoms with Crippen molar-refractivity contribution in [3.8, 4) is 11.4 Å². The number of hydrogen-bond donors (Lipinski definition) is 2. The number of aromatic nitrogens is 2. The molecule has 1 fully saturated rings. The van der Waals surface area contributed by atoms with Crippen LogP contribution in [0.15, 0.2) is 63.9 Å². The second kappa shape index (κ2) is 8.23. The first-order valence-corrected chi connectivity index (χ1v) is 10.3. The third-order valence-electron chi connectivity index (χ3n) is 4.92. The normalized spacial score (nSPS) is 16.0. The number of benzene rings is 2. The third kappa shape index (κ3) is 4.18. The molecule has 1 atom stereocenters. The van der Waals surface area contributed by atoms with E-state index < -0.39 is 5.92 Å². The molecule has 3 aromatic rings. The van der Waals surface area contributed by atoms with Crippen molar-refractivity contribution in [2.75, 3.05) is 16.8 Å². The van der Waals surface area contributed by atoms with Crippen molar-refractivity contribution < 1.29 is 9.59 Å². The Balaban J connectivity index is 1.50. The maximum absolute atomic E-state index is 12.8. The molecule has 2 aromatic carbocycles. The van der Waals surface area contributed by atoms with Crippen molar-refractivity contribution in [1.29, 1.82) is 0 Å². The van der Waals surface area contributed by atoms with Gasteiger partial charge in [0.2, 0.25) is 11.8 Å². The Bertz CT molecular complexity index is 1190. The molecule has 0 radical (unpaired) electrons. The summed E-state index contributed by atoms with van der Waals surface area (Å²) in [7, 11) is 0. The molecule has 0 bridgehead atoms. The minimum Gasteiger partial charge on any atom is -0.325 e. The Morgan fingerprint density at radius 1 is 1.17 bits per heavy atom. The number of nitrogens with one attached hydrogen (secondary N) is 2. The predicted molar refractivity (Wildman–Crippen MR) is 118 cm³/mol. The van der Waals surface area contributed by atoms with E-state index in [1.54, 1.807) is 36.1 Å². The van der Waals surface area contributed by atoms with Crippen LogP contribution in [-0.4, -0.2) is 28.3 Å². The highest BCUT2D eigenvalue weighted by molar-refractivity contribution is 9.10. The molecule has 4 rings (SSSR count). The van der Waals surface area contributed by atoms with Crippen LogP contribution in [0, 0.1) is 12.8 Å². The van der Waals surface area contributed by atoms with Gasteiger partial charge in [0, 0.05) is 39.7 Å². The summed E-state index contributed by atoms with van der Waals surface area (Å²) >= 11 is 3.41. The average Bonchev–Trinajstić information content (AvgIpc) is 3.09. The number of aromatic amines is 1. The zero-order chi connectivity index (χ0) is 21.3. The van der Waals surface area contributed by atoms with Crippen molar-refractivity contribution in [2.45, 2.75) is 13.3 Å². The molecule has 152 valence electrons. The second-order valence-electron chi connectivity index (χ2n) is 7.12. The molecule has 1 unspecified atom stereocenters. The highest BCUT2D eigenvalue weighted by atomic mass is 79.9. The summed E-state index contributed by atoms with van der Waals surface area (Å²) in [6, 6.07) is 15.9. The molecule has 2 heterocycles. The molecule has 1 aliphatic heterocycles. The summed E-state index contributed by atoms with van der Waals surface area (Å²) in [5.41, 5.74) is 2.34. The molecule has 0 saturated carbocycles. The summed E-state index contributed by atoms with van der Waals surface area (Å²) in [5.74, 6) is -0.884. The summed E-state index contributed by atoms with van der Waals surface area (Å²) in [4.78, 5) is 46.0. The zero-order valence-electron chi connectivity index (χ0n) is 16.2. The maximum atomic E-state index is 12.8. The van der Waals surface area contributed by atoms with Crippen molar-refractivity contribution in [2.24, 2.45) is 5.92 Å². The first-order valence-electron chi connectivity index (χ1n) is 9.47. The molecular weight excluding hydrogens is 448 g/mol. The van der Waals surface area contributed by atoms with Gasteiger partial charge < -0.3 is 15.2 Å². The van der Waals surface area contributed by atoms with Crippen molar-refractivity contribution in [3.63, 3.8) is 0 Å². The molecule has 0 aliphatic carbocycles. The van der Waals surface area contributed by atoms with Gasteiger partial charge in [-0.1, -0.05) is 34.1 Å². The Hall–Kier alpha value is -3.26. The average molecular weight is 467 g/mol. The van der Waals surface area contributed by atoms with Gasteiger partial charge in [-0.3, -0.25) is 14.4 Å². The smallest absolute Gasteiger partial charge is 0.251 e. The van der Waals surface area contributed by atoms with Gasteiger partial charge in [-0.15, -0.1) is 0 Å². The fraction of sp³-hybridized carbons (Fsp3) is 0.182. The maximum Gasteiger partial charge on any atom is 0.251 e. The standard InChI is InChI=1S/C22H19BrN4O3/c1-13-10-19(28)26-20(24-13)14-4-2-6-16(11-14)25-21(29)18-8-9-27(22(18)30)17-7-3-5-15(23)12-17/h2-7,10-12,18H,8-9H2,1H3,(H,25,29)(H,24,26,28). The monoisotopic (exact) mass is 466 g/mol. The van der Waals surface area contributed by atoms with Crippen LogP contribution in [-0.2, 0) is 9.59 Å². The number of amides is 2. The van der Waals surface area contributed by atoms with Crippen LogP contribution >= 0.6 is 15.9 Å². The van der Waals surface area contributed by atoms with Crippen LogP contribution in [0.1, 0.15) is 12.1 Å². The van der Waals surface area contributed by atoms with Gasteiger partial charge >= 0.3 is 0 Å². The van der Waals surface area contributed by atoms with E-state index in [4.69, 9.17) is 0 Å². The van der Waals surface area contributed by atoms with Gasteiger partial charge in [0.05, 0.1) is 0 Å². The Labute approximate surface area is 181 Å². The minimum atomic E-state index is -0.746. The van der Waals surface area contributed by atoms with E-state index in [9.17, 15) is 14.4 Å². The summed E-state index contributed by atoms with van der Waals surface area (Å²) in [5, 5.41) is 2.82. The summed E-state index contributed by atoms with van der Waals surface area (Å²) in [6.07, 6.45) is 0.448. The van der Waals surface area contributed by atoms with E-state index in [1.165, 1.54) is 6.07 Å². The Morgan fingerprint density at radius 2 is 1.97 bits per heavy atom. The number of carbonyl (C=O) groups excluding carboxylic acids is 2. The fourth-order valence-corrected chi connectivity index (χ4v) is 3.90. The lowest BCUT2D eigenvalue weighted by molar-refractivity contribution is -0.129. The number of anilines is 2. The number of hydrogen-bond acceptors (Lipinski definition) is 4. The minimum absolute atomic E-state index is 0.216. The predicted octanol–water partition coefficient (Wildman–Crippen LogP) is 3.50. The SMILES string of the molecule is Cc1cc(=O)[nH]c(-c2cccc(NC(=O)C3CCN(c4cccc(Br)c4)C3=O)c2)n1. The highest BCUT2D eigenvalue weighted by Gasteiger charge is 2.37. The first-order chi connectivity index (χ1) is 14.4. The topological polar surface area (TPSA) is 95.2 Å². The molecule has 2 N–H and O–H groups in total. The number of H-pyrrole nitrogens is 1. The Morgan fingerprint density at radius 3 is 2.73 bits per heavy atom. The first kappa shape index (κ1) is 20.0. The number of halogens is 1. The zero-order valence-corrected chi connectivity index (χ0v) is 17.8. The van der Waals surface area contributed by atoms with Crippen LogP contribution in [0.2, 0.25) is 0 Å². The number of aryl methyl sites for hydroxylation is 1. The molecular formula is C22H19BrN4O3. The number of rotatable bonds is 4. The van der Waals surface area contributed by atoms with E-state index in [-0.39, 0.29) is 17.4 Å². The van der Waals surface area contributed by atoms with Crippen molar-refractivity contribution >= 4 is 39.1 Å². The number of carbonyl (C=O) groups is 2. The van der Waals surface area contributed by atoms with Gasteiger partial charge in [0.25, 0.3) is 5.56 Å².